The molecule has 0 aliphatic rings. The molecular weight excluding hydrogens is 423 g/mol. The van der Waals surface area contributed by atoms with Gasteiger partial charge in [-0.25, -0.2) is 9.78 Å². The second-order valence-corrected chi connectivity index (χ2v) is 6.09. The number of ether oxygens (including phenoxy) is 2. The van der Waals surface area contributed by atoms with Gasteiger partial charge in [-0.1, -0.05) is 30.1 Å². The van der Waals surface area contributed by atoms with Crippen molar-refractivity contribution < 1.29 is 32.7 Å². The molecular formula is C16H11Cl2F2N3O5. The number of rotatable bonds is 4. The zero-order chi connectivity index (χ0) is 20.4. The van der Waals surface area contributed by atoms with Crippen molar-refractivity contribution in [1.29, 1.82) is 0 Å². The van der Waals surface area contributed by atoms with Crippen molar-refractivity contribution >= 4 is 40.3 Å². The Bertz CT molecular complexity index is 1090. The smallest absolute Gasteiger partial charge is 0.439 e. The summed E-state index contributed by atoms with van der Waals surface area (Å²) in [4.78, 5) is 19.5. The van der Waals surface area contributed by atoms with Crippen LogP contribution in [0, 0.1) is 0 Å². The summed E-state index contributed by atoms with van der Waals surface area (Å²) in [6, 6.07) is 1.51. The van der Waals surface area contributed by atoms with Gasteiger partial charge in [0.25, 0.3) is 5.88 Å². The van der Waals surface area contributed by atoms with Gasteiger partial charge >= 0.3 is 12.7 Å². The second kappa shape index (κ2) is 8.03. The number of fused-ring (bicyclic) bond motifs is 1. The van der Waals surface area contributed by atoms with Gasteiger partial charge in [0.1, 0.15) is 11.1 Å². The van der Waals surface area contributed by atoms with E-state index in [0.717, 1.165) is 18.6 Å². The van der Waals surface area contributed by atoms with E-state index >= 15 is 0 Å². The Morgan fingerprint density at radius 1 is 1.39 bits per heavy atom. The minimum atomic E-state index is -3.11. The van der Waals surface area contributed by atoms with Crippen molar-refractivity contribution in [2.45, 2.75) is 20.0 Å². The van der Waals surface area contributed by atoms with Crippen LogP contribution in [-0.2, 0) is 6.42 Å². The maximum Gasteiger partial charge on any atom is 0.439 e. The van der Waals surface area contributed by atoms with Crippen molar-refractivity contribution in [3.63, 3.8) is 0 Å². The summed E-state index contributed by atoms with van der Waals surface area (Å²) in [6.45, 7) is -1.32. The number of hydrogen-bond donors (Lipinski definition) is 1. The number of amides is 1. The monoisotopic (exact) mass is 433 g/mol. The fraction of sp³-hybridized carbons (Fsp3) is 0.188. The molecule has 0 unspecified atom stereocenters. The highest BCUT2D eigenvalue weighted by Crippen LogP contribution is 2.34. The lowest BCUT2D eigenvalue weighted by molar-refractivity contribution is -0.0524. The fourth-order valence-corrected chi connectivity index (χ4v) is 2.81. The minimum absolute atomic E-state index is 0.0887. The first-order chi connectivity index (χ1) is 13.3. The van der Waals surface area contributed by atoms with E-state index in [9.17, 15) is 18.8 Å². The maximum absolute atomic E-state index is 12.5. The molecule has 8 nitrogen and oxygen atoms in total. The molecule has 0 fully saturated rings. The van der Waals surface area contributed by atoms with E-state index in [4.69, 9.17) is 32.4 Å². The van der Waals surface area contributed by atoms with Gasteiger partial charge in [0.15, 0.2) is 11.3 Å². The number of carbonyl (C=O) groups excluding carboxylic acids is 1. The van der Waals surface area contributed by atoms with Gasteiger partial charge in [-0.05, 0) is 6.07 Å². The Hall–Kier alpha value is -2.85. The van der Waals surface area contributed by atoms with E-state index in [-0.39, 0.29) is 32.1 Å². The van der Waals surface area contributed by atoms with Crippen LogP contribution in [0.15, 0.2) is 34.1 Å². The maximum atomic E-state index is 12.5. The van der Waals surface area contributed by atoms with Crippen molar-refractivity contribution in [3.8, 4) is 11.6 Å². The van der Waals surface area contributed by atoms with Crippen LogP contribution in [-0.4, -0.2) is 27.6 Å². The summed E-state index contributed by atoms with van der Waals surface area (Å²) in [5.41, 5.74) is -0.0976. The number of pyridine rings is 2. The van der Waals surface area contributed by atoms with Crippen molar-refractivity contribution in [3.05, 3.63) is 45.8 Å². The Morgan fingerprint density at radius 3 is 2.68 bits per heavy atom. The summed E-state index contributed by atoms with van der Waals surface area (Å²) in [6.07, 6.45) is 2.51. The van der Waals surface area contributed by atoms with Gasteiger partial charge < -0.3 is 19.1 Å². The van der Waals surface area contributed by atoms with Gasteiger partial charge in [0, 0.05) is 6.42 Å². The Morgan fingerprint density at radius 2 is 2.07 bits per heavy atom. The lowest BCUT2D eigenvalue weighted by Crippen LogP contribution is -2.14. The topological polar surface area (TPSA) is 99.1 Å². The predicted molar refractivity (Wildman–Crippen MR) is 93.2 cm³/mol. The molecule has 3 rings (SSSR count). The minimum Gasteiger partial charge on any atom is -0.455 e. The molecule has 0 aromatic carbocycles. The average Bonchev–Trinajstić information content (AvgIpc) is 3.05. The van der Waals surface area contributed by atoms with Crippen LogP contribution < -0.4 is 14.8 Å². The quantitative estimate of drug-likeness (QED) is 0.610. The zero-order valence-electron chi connectivity index (χ0n) is 14.0. The number of alkyl halides is 2. The van der Waals surface area contributed by atoms with Crippen LogP contribution in [0.4, 0.5) is 13.6 Å². The average molecular weight is 434 g/mol. The van der Waals surface area contributed by atoms with Crippen LogP contribution in [0.25, 0.3) is 11.0 Å². The van der Waals surface area contributed by atoms with Crippen LogP contribution >= 0.6 is 23.2 Å². The van der Waals surface area contributed by atoms with Gasteiger partial charge in [-0.3, -0.25) is 0 Å². The normalized spacial score (nSPS) is 11.1. The molecule has 0 aliphatic carbocycles. The standard InChI is InChI=1S/C16H11Cl2F2N3O5/c1-2-7-3-8-11(4-21-14(13(8)26-7)28-15(19)20)27-16(24)22-12-9(17)5-23(25)6-10(12)18/h3-6,15,25H,2H2,1H3. The third-order valence-corrected chi connectivity index (χ3v) is 3.99. The number of hydrogen-bond acceptors (Lipinski definition) is 6. The molecule has 148 valence electrons. The number of halogens is 4. The highest BCUT2D eigenvalue weighted by Gasteiger charge is 2.20. The van der Waals surface area contributed by atoms with Crippen LogP contribution in [0.2, 0.25) is 10.0 Å². The summed E-state index contributed by atoms with van der Waals surface area (Å²) >= 11 is 11.8. The Balaban J connectivity index is 2.00. The van der Waals surface area contributed by atoms with Crippen LogP contribution in [0.3, 0.4) is 0 Å². The third-order valence-electron chi connectivity index (χ3n) is 3.44. The van der Waals surface area contributed by atoms with E-state index in [0.29, 0.717) is 16.9 Å². The third kappa shape index (κ3) is 4.18. The molecule has 3 aromatic rings. The van der Waals surface area contributed by atoms with Gasteiger partial charge in [-0.15, -0.1) is 0 Å². The molecule has 0 saturated carbocycles. The van der Waals surface area contributed by atoms with E-state index in [2.05, 4.69) is 14.7 Å². The molecule has 0 atom stereocenters. The lowest BCUT2D eigenvalue weighted by Gasteiger charge is -2.06. The molecule has 28 heavy (non-hydrogen) atoms. The summed E-state index contributed by atoms with van der Waals surface area (Å²) in [5, 5.41) is 9.19. The number of aryl methyl sites for hydroxylation is 1. The van der Waals surface area contributed by atoms with Crippen LogP contribution in [0.5, 0.6) is 11.6 Å². The first kappa shape index (κ1) is 19.9. The highest BCUT2D eigenvalue weighted by atomic mass is 35.5. The predicted octanol–water partition coefficient (Wildman–Crippen LogP) is 4.44. The zero-order valence-corrected chi connectivity index (χ0v) is 15.5. The van der Waals surface area contributed by atoms with Crippen molar-refractivity contribution in [2.24, 2.45) is 4.99 Å². The molecule has 0 bridgehead atoms. The molecule has 3 aromatic heterocycles. The molecule has 1 N–H and O–H groups in total. The molecule has 1 amide bonds. The number of furan rings is 1. The van der Waals surface area contributed by atoms with E-state index < -0.39 is 18.6 Å². The Kier molecular flexibility index (Phi) is 5.71. The highest BCUT2D eigenvalue weighted by molar-refractivity contribution is 6.34. The molecule has 0 saturated heterocycles. The summed E-state index contributed by atoms with van der Waals surface area (Å²) in [5.74, 6) is -0.0877. The first-order valence-electron chi connectivity index (χ1n) is 7.67. The molecule has 0 spiro atoms. The number of nitrogens with zero attached hydrogens (tertiary/aromatic N) is 3. The van der Waals surface area contributed by atoms with Gasteiger partial charge in [0.05, 0.1) is 34.0 Å². The SMILES string of the molecule is CCc1cc2c(OC(=O)N=c3c(Cl)cn(O)cc3Cl)cnc(OC(F)F)c2o1. The Labute approximate surface area is 165 Å². The molecule has 0 aliphatic heterocycles. The number of aromatic nitrogens is 2. The van der Waals surface area contributed by atoms with Crippen LogP contribution in [0.1, 0.15) is 12.7 Å². The fourth-order valence-electron chi connectivity index (χ4n) is 2.27. The van der Waals surface area contributed by atoms with E-state index in [1.54, 1.807) is 6.92 Å². The molecule has 3 heterocycles. The first-order valence-corrected chi connectivity index (χ1v) is 8.43. The van der Waals surface area contributed by atoms with Gasteiger partial charge in [0.2, 0.25) is 0 Å². The summed E-state index contributed by atoms with van der Waals surface area (Å²) < 4.78 is 40.6. The number of carbonyl (C=O) groups is 1. The van der Waals surface area contributed by atoms with Crippen molar-refractivity contribution in [2.75, 3.05) is 0 Å². The van der Waals surface area contributed by atoms with Gasteiger partial charge in [-0.2, -0.15) is 18.5 Å². The molecule has 0 radical (unpaired) electrons. The summed E-state index contributed by atoms with van der Waals surface area (Å²) in [7, 11) is 0. The van der Waals surface area contributed by atoms with E-state index in [1.165, 1.54) is 6.07 Å². The molecule has 12 heteroatoms. The lowest BCUT2D eigenvalue weighted by atomic mass is 10.2. The van der Waals surface area contributed by atoms with Crippen molar-refractivity contribution in [1.82, 2.24) is 9.71 Å². The second-order valence-electron chi connectivity index (χ2n) is 5.28. The van der Waals surface area contributed by atoms with E-state index in [1.807, 2.05) is 0 Å². The largest absolute Gasteiger partial charge is 0.455 e.